The van der Waals surface area contributed by atoms with Gasteiger partial charge in [0.15, 0.2) is 0 Å². The molecule has 0 saturated heterocycles. The van der Waals surface area contributed by atoms with Crippen molar-refractivity contribution < 1.29 is 14.7 Å². The van der Waals surface area contributed by atoms with E-state index in [0.29, 0.717) is 12.5 Å². The maximum atomic E-state index is 8.13. The van der Waals surface area contributed by atoms with Gasteiger partial charge in [0, 0.05) is 6.61 Å². The van der Waals surface area contributed by atoms with Gasteiger partial charge in [-0.1, -0.05) is 13.8 Å². The molecule has 0 aromatic carbocycles. The molecular formula is C4H11BO3. The Hall–Kier alpha value is -0.0551. The Morgan fingerprint density at radius 1 is 1.50 bits per heavy atom. The van der Waals surface area contributed by atoms with Gasteiger partial charge in [-0.3, -0.25) is 0 Å². The Morgan fingerprint density at radius 2 is 2.00 bits per heavy atom. The molecule has 0 amide bonds. The van der Waals surface area contributed by atoms with Crippen LogP contribution < -0.4 is 0 Å². The normalized spacial score (nSPS) is 10.1. The first-order chi connectivity index (χ1) is 3.63. The summed E-state index contributed by atoms with van der Waals surface area (Å²) < 4.78 is 4.41. The highest BCUT2D eigenvalue weighted by atomic mass is 16.6. The highest BCUT2D eigenvalue weighted by Gasteiger charge is 2.07. The van der Waals surface area contributed by atoms with Crippen LogP contribution in [0.25, 0.3) is 0 Å². The van der Waals surface area contributed by atoms with Crippen LogP contribution in [0, 0.1) is 5.92 Å². The van der Waals surface area contributed by atoms with Crippen molar-refractivity contribution in [1.82, 2.24) is 0 Å². The molecule has 0 atom stereocenters. The van der Waals surface area contributed by atoms with Crippen molar-refractivity contribution in [3.8, 4) is 0 Å². The molecule has 0 saturated carbocycles. The van der Waals surface area contributed by atoms with E-state index in [-0.39, 0.29) is 0 Å². The summed E-state index contributed by atoms with van der Waals surface area (Å²) in [7, 11) is -1.61. The van der Waals surface area contributed by atoms with E-state index in [1.165, 1.54) is 0 Å². The zero-order chi connectivity index (χ0) is 6.57. The maximum Gasteiger partial charge on any atom is 0.633 e. The lowest BCUT2D eigenvalue weighted by Gasteiger charge is -2.03. The molecule has 0 aliphatic rings. The van der Waals surface area contributed by atoms with Crippen LogP contribution >= 0.6 is 0 Å². The molecule has 0 unspecified atom stereocenters. The molecule has 0 radical (unpaired) electrons. The van der Waals surface area contributed by atoms with Crippen LogP contribution in [0.5, 0.6) is 0 Å². The fourth-order valence-corrected chi connectivity index (χ4v) is 0.279. The van der Waals surface area contributed by atoms with Crippen molar-refractivity contribution in [2.75, 3.05) is 6.61 Å². The van der Waals surface area contributed by atoms with Gasteiger partial charge >= 0.3 is 7.32 Å². The van der Waals surface area contributed by atoms with E-state index in [4.69, 9.17) is 10.0 Å². The lowest BCUT2D eigenvalue weighted by Crippen LogP contribution is -2.19. The van der Waals surface area contributed by atoms with Crippen molar-refractivity contribution in [2.24, 2.45) is 5.92 Å². The molecule has 0 fully saturated rings. The average molecular weight is 118 g/mol. The van der Waals surface area contributed by atoms with Crippen LogP contribution in [0.3, 0.4) is 0 Å². The van der Waals surface area contributed by atoms with E-state index in [1.807, 2.05) is 13.8 Å². The van der Waals surface area contributed by atoms with Gasteiger partial charge in [-0.2, -0.15) is 0 Å². The first-order valence-electron chi connectivity index (χ1n) is 2.60. The van der Waals surface area contributed by atoms with Gasteiger partial charge in [-0.15, -0.1) is 0 Å². The second-order valence-corrected chi connectivity index (χ2v) is 2.05. The van der Waals surface area contributed by atoms with E-state index in [2.05, 4.69) is 4.65 Å². The van der Waals surface area contributed by atoms with E-state index in [9.17, 15) is 0 Å². The zero-order valence-corrected chi connectivity index (χ0v) is 5.16. The molecule has 4 heteroatoms. The third-order valence-corrected chi connectivity index (χ3v) is 0.579. The van der Waals surface area contributed by atoms with E-state index >= 15 is 0 Å². The molecule has 0 aromatic rings. The Labute approximate surface area is 49.5 Å². The standard InChI is InChI=1S/C4H11BO3/c1-4(2)3-8-5(6)7/h4,6-7H,3H2,1-2H3. The Bertz CT molecular complexity index is 47.2. The highest BCUT2D eigenvalue weighted by molar-refractivity contribution is 6.32. The largest absolute Gasteiger partial charge is 0.633 e. The van der Waals surface area contributed by atoms with Crippen molar-refractivity contribution in [3.63, 3.8) is 0 Å². The molecule has 3 nitrogen and oxygen atoms in total. The number of rotatable bonds is 3. The molecule has 0 spiro atoms. The van der Waals surface area contributed by atoms with Gasteiger partial charge in [-0.25, -0.2) is 0 Å². The molecular weight excluding hydrogens is 107 g/mol. The molecule has 0 aliphatic heterocycles. The molecule has 0 bridgehead atoms. The minimum atomic E-state index is -1.61. The Kier molecular flexibility index (Phi) is 3.86. The molecule has 48 valence electrons. The first kappa shape index (κ1) is 7.94. The highest BCUT2D eigenvalue weighted by Crippen LogP contribution is 1.91. The van der Waals surface area contributed by atoms with E-state index in [1.54, 1.807) is 0 Å². The lowest BCUT2D eigenvalue weighted by atomic mass is 10.2. The van der Waals surface area contributed by atoms with Gasteiger partial charge in [0.2, 0.25) is 0 Å². The quantitative estimate of drug-likeness (QED) is 0.497. The smallest absolute Gasteiger partial charge is 0.402 e. The zero-order valence-electron chi connectivity index (χ0n) is 5.16. The second kappa shape index (κ2) is 3.89. The van der Waals surface area contributed by atoms with Crippen LogP contribution in [-0.4, -0.2) is 24.0 Å². The summed E-state index contributed by atoms with van der Waals surface area (Å²) >= 11 is 0. The monoisotopic (exact) mass is 118 g/mol. The average Bonchev–Trinajstić information content (AvgIpc) is 1.61. The Balaban J connectivity index is 2.93. The molecule has 8 heavy (non-hydrogen) atoms. The summed E-state index contributed by atoms with van der Waals surface area (Å²) in [6.45, 7) is 4.25. The van der Waals surface area contributed by atoms with Crippen LogP contribution in [0.4, 0.5) is 0 Å². The number of hydrogen-bond donors (Lipinski definition) is 2. The molecule has 2 N–H and O–H groups in total. The predicted octanol–water partition coefficient (Wildman–Crippen LogP) is -0.371. The topological polar surface area (TPSA) is 49.7 Å². The minimum Gasteiger partial charge on any atom is -0.402 e. The van der Waals surface area contributed by atoms with Crippen LogP contribution in [0.2, 0.25) is 0 Å². The van der Waals surface area contributed by atoms with Gasteiger partial charge in [0.05, 0.1) is 0 Å². The minimum absolute atomic E-state index is 0.344. The Morgan fingerprint density at radius 3 is 2.12 bits per heavy atom. The summed E-state index contributed by atoms with van der Waals surface area (Å²) in [5, 5.41) is 16.3. The SMILES string of the molecule is CC(C)COB(O)O. The summed E-state index contributed by atoms with van der Waals surface area (Å²) in [5.74, 6) is 0.344. The second-order valence-electron chi connectivity index (χ2n) is 2.05. The van der Waals surface area contributed by atoms with Crippen LogP contribution in [0.1, 0.15) is 13.8 Å². The van der Waals surface area contributed by atoms with Crippen molar-refractivity contribution >= 4 is 7.32 Å². The van der Waals surface area contributed by atoms with Crippen molar-refractivity contribution in [3.05, 3.63) is 0 Å². The van der Waals surface area contributed by atoms with Gasteiger partial charge in [0.1, 0.15) is 0 Å². The van der Waals surface area contributed by atoms with Crippen LogP contribution in [0.15, 0.2) is 0 Å². The fourth-order valence-electron chi connectivity index (χ4n) is 0.279. The lowest BCUT2D eigenvalue weighted by molar-refractivity contribution is 0.165. The molecule has 0 heterocycles. The van der Waals surface area contributed by atoms with E-state index < -0.39 is 7.32 Å². The van der Waals surface area contributed by atoms with E-state index in [0.717, 1.165) is 0 Å². The van der Waals surface area contributed by atoms with Crippen molar-refractivity contribution in [1.29, 1.82) is 0 Å². The van der Waals surface area contributed by atoms with Crippen LogP contribution in [-0.2, 0) is 4.65 Å². The van der Waals surface area contributed by atoms with Crippen molar-refractivity contribution in [2.45, 2.75) is 13.8 Å². The predicted molar refractivity (Wildman–Crippen MR) is 31.0 cm³/mol. The third kappa shape index (κ3) is 5.94. The summed E-state index contributed by atoms with van der Waals surface area (Å²) in [6, 6.07) is 0. The van der Waals surface area contributed by atoms with Gasteiger partial charge in [-0.05, 0) is 5.92 Å². The third-order valence-electron chi connectivity index (χ3n) is 0.579. The first-order valence-corrected chi connectivity index (χ1v) is 2.60. The summed E-state index contributed by atoms with van der Waals surface area (Å²) in [6.07, 6.45) is 0. The molecule has 0 aromatic heterocycles. The van der Waals surface area contributed by atoms with Gasteiger partial charge in [0.25, 0.3) is 0 Å². The maximum absolute atomic E-state index is 8.13. The molecule has 0 aliphatic carbocycles. The summed E-state index contributed by atoms with van der Waals surface area (Å²) in [5.41, 5.74) is 0. The molecule has 0 rings (SSSR count). The fraction of sp³-hybridized carbons (Fsp3) is 1.00. The summed E-state index contributed by atoms with van der Waals surface area (Å²) in [4.78, 5) is 0. The number of hydrogen-bond acceptors (Lipinski definition) is 3. The van der Waals surface area contributed by atoms with Gasteiger partial charge < -0.3 is 14.7 Å².